The lowest BCUT2D eigenvalue weighted by molar-refractivity contribution is 0.0138. The van der Waals surface area contributed by atoms with Crippen molar-refractivity contribution in [2.45, 2.75) is 18.6 Å². The molecule has 0 fully saturated rings. The summed E-state index contributed by atoms with van der Waals surface area (Å²) in [6.45, 7) is 0.543. The van der Waals surface area contributed by atoms with Crippen molar-refractivity contribution in [2.24, 2.45) is 0 Å². The fourth-order valence-corrected chi connectivity index (χ4v) is 1.54. The molecule has 0 aliphatic carbocycles. The molecule has 1 rings (SSSR count). The summed E-state index contributed by atoms with van der Waals surface area (Å²) in [5, 5.41) is 31.2. The first kappa shape index (κ1) is 13.6. The van der Waals surface area contributed by atoms with Crippen molar-refractivity contribution in [3.63, 3.8) is 0 Å². The molecule has 1 aromatic rings. The predicted molar refractivity (Wildman–Crippen MR) is 60.6 cm³/mol. The minimum absolute atomic E-state index is 0.0426. The topological polar surface area (TPSA) is 76.3 Å². The normalized spacial score (nSPS) is 14.1. The van der Waals surface area contributed by atoms with Crippen molar-refractivity contribution in [3.8, 4) is 6.07 Å². The first-order valence-electron chi connectivity index (χ1n) is 5.30. The molecule has 0 spiro atoms. The number of rotatable bonds is 5. The van der Waals surface area contributed by atoms with Gasteiger partial charge in [0.05, 0.1) is 17.7 Å². The number of aliphatic hydroxyl groups excluding tert-OH is 2. The van der Waals surface area contributed by atoms with Gasteiger partial charge in [0.1, 0.15) is 11.9 Å². The first-order chi connectivity index (χ1) is 8.10. The van der Waals surface area contributed by atoms with Gasteiger partial charge >= 0.3 is 0 Å². The molecule has 2 unspecified atom stereocenters. The molecule has 1 aromatic carbocycles. The van der Waals surface area contributed by atoms with Crippen LogP contribution in [0, 0.1) is 17.1 Å². The Bertz CT molecular complexity index is 417. The van der Waals surface area contributed by atoms with Gasteiger partial charge in [-0.2, -0.15) is 5.26 Å². The van der Waals surface area contributed by atoms with Crippen LogP contribution in [0.15, 0.2) is 18.2 Å². The molecule has 17 heavy (non-hydrogen) atoms. The van der Waals surface area contributed by atoms with Crippen molar-refractivity contribution < 1.29 is 14.6 Å². The Morgan fingerprint density at radius 2 is 2.18 bits per heavy atom. The van der Waals surface area contributed by atoms with Gasteiger partial charge in [0, 0.05) is 5.56 Å². The van der Waals surface area contributed by atoms with Gasteiger partial charge in [-0.1, -0.05) is 6.07 Å². The molecule has 3 N–H and O–H groups in total. The van der Waals surface area contributed by atoms with Crippen LogP contribution in [0.1, 0.15) is 23.7 Å². The minimum Gasteiger partial charge on any atom is -0.390 e. The second kappa shape index (κ2) is 6.30. The van der Waals surface area contributed by atoms with E-state index in [-0.39, 0.29) is 11.1 Å². The Kier molecular flexibility index (Phi) is 5.04. The molecule has 0 saturated carbocycles. The Hall–Kier alpha value is -1.48. The Labute approximate surface area is 99.3 Å². The number of aliphatic hydroxyl groups is 2. The zero-order valence-electron chi connectivity index (χ0n) is 9.52. The maximum Gasteiger partial charge on any atom is 0.124 e. The van der Waals surface area contributed by atoms with E-state index in [4.69, 9.17) is 5.26 Å². The molecule has 92 valence electrons. The summed E-state index contributed by atoms with van der Waals surface area (Å²) in [6, 6.07) is 5.32. The van der Waals surface area contributed by atoms with Gasteiger partial charge < -0.3 is 15.5 Å². The van der Waals surface area contributed by atoms with E-state index in [1.807, 2.05) is 0 Å². The van der Waals surface area contributed by atoms with Crippen LogP contribution in [0.3, 0.4) is 0 Å². The van der Waals surface area contributed by atoms with E-state index in [1.54, 1.807) is 13.1 Å². The van der Waals surface area contributed by atoms with Crippen molar-refractivity contribution in [1.29, 1.82) is 5.26 Å². The van der Waals surface area contributed by atoms with Crippen LogP contribution in [-0.4, -0.2) is 29.9 Å². The second-order valence-corrected chi connectivity index (χ2v) is 3.75. The fraction of sp³-hybridized carbons (Fsp3) is 0.417. The highest BCUT2D eigenvalue weighted by molar-refractivity contribution is 5.39. The van der Waals surface area contributed by atoms with E-state index in [9.17, 15) is 14.6 Å². The molecule has 0 heterocycles. The average molecular weight is 238 g/mol. The molecule has 5 heteroatoms. The molecule has 2 atom stereocenters. The summed E-state index contributed by atoms with van der Waals surface area (Å²) in [6.07, 6.45) is -1.82. The third-order valence-corrected chi connectivity index (χ3v) is 2.51. The van der Waals surface area contributed by atoms with Crippen molar-refractivity contribution >= 4 is 0 Å². The van der Waals surface area contributed by atoms with Gasteiger partial charge in [0.2, 0.25) is 0 Å². The molecule has 0 aliphatic rings. The Morgan fingerprint density at radius 3 is 2.76 bits per heavy atom. The first-order valence-corrected chi connectivity index (χ1v) is 5.30. The van der Waals surface area contributed by atoms with Gasteiger partial charge in [0.25, 0.3) is 0 Å². The summed E-state index contributed by atoms with van der Waals surface area (Å²) < 4.78 is 12.9. The van der Waals surface area contributed by atoms with Crippen LogP contribution in [0.5, 0.6) is 0 Å². The van der Waals surface area contributed by atoms with Crippen LogP contribution in [-0.2, 0) is 0 Å². The Morgan fingerprint density at radius 1 is 1.47 bits per heavy atom. The van der Waals surface area contributed by atoms with E-state index in [1.165, 1.54) is 6.07 Å². The van der Waals surface area contributed by atoms with Gasteiger partial charge in [-0.25, -0.2) is 4.39 Å². The third-order valence-electron chi connectivity index (χ3n) is 2.51. The van der Waals surface area contributed by atoms with Gasteiger partial charge in [0.15, 0.2) is 0 Å². The van der Waals surface area contributed by atoms with Crippen molar-refractivity contribution in [1.82, 2.24) is 5.32 Å². The molecule has 0 bridgehead atoms. The summed E-state index contributed by atoms with van der Waals surface area (Å²) in [5.74, 6) is -0.540. The number of hydrogen-bond acceptors (Lipinski definition) is 4. The van der Waals surface area contributed by atoms with E-state index in [0.29, 0.717) is 13.0 Å². The number of nitrogens with zero attached hydrogens (tertiary/aromatic N) is 1. The summed E-state index contributed by atoms with van der Waals surface area (Å²) in [5.41, 5.74) is 0.290. The lowest BCUT2D eigenvalue weighted by Gasteiger charge is -2.19. The average Bonchev–Trinajstić information content (AvgIpc) is 2.34. The summed E-state index contributed by atoms with van der Waals surface area (Å²) in [7, 11) is 1.73. The van der Waals surface area contributed by atoms with Crippen molar-refractivity contribution in [3.05, 3.63) is 35.1 Å². The van der Waals surface area contributed by atoms with E-state index in [0.717, 1.165) is 12.1 Å². The van der Waals surface area contributed by atoms with Crippen LogP contribution in [0.4, 0.5) is 4.39 Å². The largest absolute Gasteiger partial charge is 0.390 e. The van der Waals surface area contributed by atoms with Crippen LogP contribution in [0.25, 0.3) is 0 Å². The second-order valence-electron chi connectivity index (χ2n) is 3.75. The zero-order valence-corrected chi connectivity index (χ0v) is 9.52. The molecule has 0 radical (unpaired) electrons. The highest BCUT2D eigenvalue weighted by Gasteiger charge is 2.21. The number of halogens is 1. The van der Waals surface area contributed by atoms with E-state index >= 15 is 0 Å². The number of hydrogen-bond donors (Lipinski definition) is 3. The molecular formula is C12H15FN2O2. The monoisotopic (exact) mass is 238 g/mol. The molecule has 0 aromatic heterocycles. The third kappa shape index (κ3) is 3.49. The zero-order chi connectivity index (χ0) is 12.8. The summed E-state index contributed by atoms with van der Waals surface area (Å²) in [4.78, 5) is 0. The van der Waals surface area contributed by atoms with E-state index < -0.39 is 18.0 Å². The predicted octanol–water partition coefficient (Wildman–Crippen LogP) is 0.701. The minimum atomic E-state index is -1.18. The molecular weight excluding hydrogens is 223 g/mol. The van der Waals surface area contributed by atoms with E-state index in [2.05, 4.69) is 5.32 Å². The maximum atomic E-state index is 12.9. The van der Waals surface area contributed by atoms with Gasteiger partial charge in [-0.3, -0.25) is 0 Å². The lowest BCUT2D eigenvalue weighted by Crippen LogP contribution is -2.23. The number of nitriles is 1. The number of benzene rings is 1. The van der Waals surface area contributed by atoms with Crippen LogP contribution >= 0.6 is 0 Å². The summed E-state index contributed by atoms with van der Waals surface area (Å²) >= 11 is 0. The molecule has 0 aliphatic heterocycles. The quantitative estimate of drug-likeness (QED) is 0.705. The molecule has 4 nitrogen and oxygen atoms in total. The van der Waals surface area contributed by atoms with Gasteiger partial charge in [-0.15, -0.1) is 0 Å². The SMILES string of the molecule is CNCCC(O)C(O)c1ccc(F)cc1C#N. The standard InChI is InChI=1S/C12H15FN2O2/c1-15-5-4-11(16)12(17)10-3-2-9(13)6-8(10)7-14/h2-3,6,11-12,15-17H,4-5H2,1H3. The Balaban J connectivity index is 2.88. The molecule has 0 saturated heterocycles. The van der Waals surface area contributed by atoms with Crippen molar-refractivity contribution in [2.75, 3.05) is 13.6 Å². The highest BCUT2D eigenvalue weighted by Crippen LogP contribution is 2.23. The lowest BCUT2D eigenvalue weighted by atomic mass is 9.97. The van der Waals surface area contributed by atoms with Crippen LogP contribution < -0.4 is 5.32 Å². The highest BCUT2D eigenvalue weighted by atomic mass is 19.1. The van der Waals surface area contributed by atoms with Gasteiger partial charge in [-0.05, 0) is 32.1 Å². The fourth-order valence-electron chi connectivity index (χ4n) is 1.54. The smallest absolute Gasteiger partial charge is 0.124 e. The number of nitrogens with one attached hydrogen (secondary N) is 1. The van der Waals surface area contributed by atoms with Crippen LogP contribution in [0.2, 0.25) is 0 Å². The maximum absolute atomic E-state index is 12.9. The molecule has 0 amide bonds.